The number of hydrogen-bond donors (Lipinski definition) is 0. The van der Waals surface area contributed by atoms with Gasteiger partial charge in [0.05, 0.1) is 0 Å². The van der Waals surface area contributed by atoms with Gasteiger partial charge in [0, 0.05) is 32.6 Å². The summed E-state index contributed by atoms with van der Waals surface area (Å²) in [5, 5.41) is 0. The van der Waals surface area contributed by atoms with Crippen LogP contribution in [0.5, 0.6) is 0 Å². The van der Waals surface area contributed by atoms with Crippen molar-refractivity contribution in [2.75, 3.05) is 26.7 Å². The first-order chi connectivity index (χ1) is 7.69. The second kappa shape index (κ2) is 6.89. The van der Waals surface area contributed by atoms with Crippen LogP contribution in [0.2, 0.25) is 0 Å². The van der Waals surface area contributed by atoms with Crippen LogP contribution in [0, 0.1) is 0 Å². The van der Waals surface area contributed by atoms with Gasteiger partial charge in [-0.25, -0.2) is 0 Å². The Balaban J connectivity index is 2.32. The van der Waals surface area contributed by atoms with Crippen LogP contribution in [0.15, 0.2) is 0 Å². The van der Waals surface area contributed by atoms with E-state index in [1.54, 1.807) is 0 Å². The van der Waals surface area contributed by atoms with Crippen molar-refractivity contribution in [2.45, 2.75) is 52.0 Å². The van der Waals surface area contributed by atoms with E-state index in [9.17, 15) is 4.79 Å². The minimum atomic E-state index is 0.316. The van der Waals surface area contributed by atoms with Crippen LogP contribution in [0.25, 0.3) is 0 Å². The van der Waals surface area contributed by atoms with Gasteiger partial charge in [-0.05, 0) is 32.2 Å². The topological polar surface area (TPSA) is 23.6 Å². The zero-order chi connectivity index (χ0) is 12.0. The molecule has 1 aliphatic rings. The van der Waals surface area contributed by atoms with Crippen molar-refractivity contribution in [2.24, 2.45) is 0 Å². The molecule has 1 fully saturated rings. The third kappa shape index (κ3) is 3.78. The summed E-state index contributed by atoms with van der Waals surface area (Å²) in [6.45, 7) is 7.81. The highest BCUT2D eigenvalue weighted by molar-refractivity contribution is 5.76. The average Bonchev–Trinajstić information content (AvgIpc) is 2.30. The summed E-state index contributed by atoms with van der Waals surface area (Å²) in [6.07, 6.45) is 5.18. The second-order valence-electron chi connectivity index (χ2n) is 4.83. The standard InChI is InChI=1S/C13H26N2O/c1-4-6-13(16)14(3)12-7-10-15(9-5-2)11-8-12/h12H,4-11H2,1-3H3. The summed E-state index contributed by atoms with van der Waals surface area (Å²) in [6, 6.07) is 0.479. The van der Waals surface area contributed by atoms with Gasteiger partial charge in [-0.15, -0.1) is 0 Å². The van der Waals surface area contributed by atoms with E-state index in [1.807, 2.05) is 11.9 Å². The Bertz CT molecular complexity index is 210. The number of piperidine rings is 1. The van der Waals surface area contributed by atoms with Gasteiger partial charge in [0.1, 0.15) is 0 Å². The number of hydrogen-bond acceptors (Lipinski definition) is 2. The van der Waals surface area contributed by atoms with Gasteiger partial charge in [0.2, 0.25) is 5.91 Å². The van der Waals surface area contributed by atoms with Crippen molar-refractivity contribution >= 4 is 5.91 Å². The first kappa shape index (κ1) is 13.5. The monoisotopic (exact) mass is 226 g/mol. The molecule has 0 aromatic carbocycles. The number of carbonyl (C=O) groups is 1. The lowest BCUT2D eigenvalue weighted by atomic mass is 10.0. The number of likely N-dealkylation sites (tertiary alicyclic amines) is 1. The third-order valence-electron chi connectivity index (χ3n) is 3.50. The summed E-state index contributed by atoms with van der Waals surface area (Å²) < 4.78 is 0. The fraction of sp³-hybridized carbons (Fsp3) is 0.923. The molecule has 0 unspecified atom stereocenters. The van der Waals surface area contributed by atoms with Crippen molar-refractivity contribution in [1.82, 2.24) is 9.80 Å². The van der Waals surface area contributed by atoms with Crippen molar-refractivity contribution in [3.05, 3.63) is 0 Å². The smallest absolute Gasteiger partial charge is 0.222 e. The van der Waals surface area contributed by atoms with E-state index < -0.39 is 0 Å². The average molecular weight is 226 g/mol. The van der Waals surface area contributed by atoms with E-state index in [2.05, 4.69) is 18.7 Å². The molecule has 0 radical (unpaired) electrons. The number of rotatable bonds is 5. The SMILES string of the molecule is CCCC(=O)N(C)C1CCN(CCC)CC1. The predicted octanol–water partition coefficient (Wildman–Crippen LogP) is 2.12. The van der Waals surface area contributed by atoms with E-state index in [1.165, 1.54) is 13.0 Å². The summed E-state index contributed by atoms with van der Waals surface area (Å²) in [5.74, 6) is 0.316. The normalized spacial score (nSPS) is 18.7. The first-order valence-electron chi connectivity index (χ1n) is 6.67. The van der Waals surface area contributed by atoms with Crippen LogP contribution in [0.1, 0.15) is 46.0 Å². The zero-order valence-electron chi connectivity index (χ0n) is 11.0. The molecule has 16 heavy (non-hydrogen) atoms. The molecule has 1 heterocycles. The van der Waals surface area contributed by atoms with Crippen LogP contribution in [0.3, 0.4) is 0 Å². The highest BCUT2D eigenvalue weighted by Crippen LogP contribution is 2.16. The largest absolute Gasteiger partial charge is 0.343 e. The van der Waals surface area contributed by atoms with Crippen molar-refractivity contribution in [3.63, 3.8) is 0 Å². The van der Waals surface area contributed by atoms with Crippen LogP contribution in [-0.2, 0) is 4.79 Å². The quantitative estimate of drug-likeness (QED) is 0.717. The van der Waals surface area contributed by atoms with E-state index in [0.717, 1.165) is 32.4 Å². The fourth-order valence-electron chi connectivity index (χ4n) is 2.44. The molecule has 1 rings (SSSR count). The van der Waals surface area contributed by atoms with Gasteiger partial charge >= 0.3 is 0 Å². The second-order valence-corrected chi connectivity index (χ2v) is 4.83. The summed E-state index contributed by atoms with van der Waals surface area (Å²) in [4.78, 5) is 16.2. The molecule has 94 valence electrons. The maximum Gasteiger partial charge on any atom is 0.222 e. The number of nitrogens with zero attached hydrogens (tertiary/aromatic N) is 2. The maximum absolute atomic E-state index is 11.8. The molecule has 0 aromatic heterocycles. The van der Waals surface area contributed by atoms with Gasteiger partial charge in [0.25, 0.3) is 0 Å². The Kier molecular flexibility index (Phi) is 5.81. The highest BCUT2D eigenvalue weighted by atomic mass is 16.2. The molecule has 1 saturated heterocycles. The molecule has 1 aliphatic heterocycles. The molecule has 1 amide bonds. The molecule has 0 aromatic rings. The van der Waals surface area contributed by atoms with Crippen LogP contribution in [0.4, 0.5) is 0 Å². The minimum Gasteiger partial charge on any atom is -0.343 e. The summed E-state index contributed by atoms with van der Waals surface area (Å²) in [5.41, 5.74) is 0. The van der Waals surface area contributed by atoms with Crippen molar-refractivity contribution in [3.8, 4) is 0 Å². The Labute approximate surface area is 99.8 Å². The molecule has 3 nitrogen and oxygen atoms in total. The van der Waals surface area contributed by atoms with Crippen LogP contribution < -0.4 is 0 Å². The predicted molar refractivity (Wildman–Crippen MR) is 67.4 cm³/mol. The van der Waals surface area contributed by atoms with Gasteiger partial charge in [-0.3, -0.25) is 4.79 Å². The van der Waals surface area contributed by atoms with Crippen LogP contribution in [-0.4, -0.2) is 48.4 Å². The molecular formula is C13H26N2O. The summed E-state index contributed by atoms with van der Waals surface area (Å²) >= 11 is 0. The number of carbonyl (C=O) groups excluding carboxylic acids is 1. The van der Waals surface area contributed by atoms with Crippen LogP contribution >= 0.6 is 0 Å². The third-order valence-corrected chi connectivity index (χ3v) is 3.50. The first-order valence-corrected chi connectivity index (χ1v) is 6.67. The molecular weight excluding hydrogens is 200 g/mol. The van der Waals surface area contributed by atoms with Gasteiger partial charge < -0.3 is 9.80 Å². The molecule has 0 saturated carbocycles. The van der Waals surface area contributed by atoms with E-state index in [0.29, 0.717) is 18.4 Å². The molecule has 0 spiro atoms. The molecule has 0 aliphatic carbocycles. The molecule has 3 heteroatoms. The van der Waals surface area contributed by atoms with Crippen molar-refractivity contribution in [1.29, 1.82) is 0 Å². The molecule has 0 bridgehead atoms. The lowest BCUT2D eigenvalue weighted by Crippen LogP contribution is -2.45. The maximum atomic E-state index is 11.8. The van der Waals surface area contributed by atoms with Gasteiger partial charge in [-0.1, -0.05) is 13.8 Å². The Morgan fingerprint density at radius 1 is 1.25 bits per heavy atom. The van der Waals surface area contributed by atoms with E-state index in [4.69, 9.17) is 0 Å². The van der Waals surface area contributed by atoms with Gasteiger partial charge in [-0.2, -0.15) is 0 Å². The Hall–Kier alpha value is -0.570. The zero-order valence-corrected chi connectivity index (χ0v) is 11.0. The molecule has 0 N–H and O–H groups in total. The highest BCUT2D eigenvalue weighted by Gasteiger charge is 2.24. The van der Waals surface area contributed by atoms with Gasteiger partial charge in [0.15, 0.2) is 0 Å². The van der Waals surface area contributed by atoms with Crippen molar-refractivity contribution < 1.29 is 4.79 Å². The van der Waals surface area contributed by atoms with E-state index in [-0.39, 0.29) is 0 Å². The van der Waals surface area contributed by atoms with E-state index >= 15 is 0 Å². The number of amides is 1. The fourth-order valence-corrected chi connectivity index (χ4v) is 2.44. The Morgan fingerprint density at radius 2 is 1.88 bits per heavy atom. The Morgan fingerprint density at radius 3 is 2.38 bits per heavy atom. The minimum absolute atomic E-state index is 0.316. The lowest BCUT2D eigenvalue weighted by Gasteiger charge is -2.36. The lowest BCUT2D eigenvalue weighted by molar-refractivity contribution is -0.132. The molecule has 0 atom stereocenters. The summed E-state index contributed by atoms with van der Waals surface area (Å²) in [7, 11) is 1.97.